The molecule has 3 aromatic carbocycles. The van der Waals surface area contributed by atoms with Crippen molar-refractivity contribution in [1.29, 1.82) is 0 Å². The first kappa shape index (κ1) is 20.7. The number of benzene rings is 3. The summed E-state index contributed by atoms with van der Waals surface area (Å²) in [7, 11) is 0. The summed E-state index contributed by atoms with van der Waals surface area (Å²) >= 11 is 0. The van der Waals surface area contributed by atoms with Crippen LogP contribution in [-0.4, -0.2) is 12.3 Å². The molecule has 3 aliphatic carbocycles. The summed E-state index contributed by atoms with van der Waals surface area (Å²) in [5.74, 6) is 1.90. The van der Waals surface area contributed by atoms with Gasteiger partial charge in [0.15, 0.2) is 0 Å². The van der Waals surface area contributed by atoms with Gasteiger partial charge in [-0.25, -0.2) is 0 Å². The van der Waals surface area contributed by atoms with Crippen molar-refractivity contribution in [3.63, 3.8) is 0 Å². The van der Waals surface area contributed by atoms with Crippen LogP contribution < -0.4 is 0 Å². The molecule has 0 bridgehead atoms. The fraction of sp³-hybridized carbons (Fsp3) is 0.424. The SMILES string of the molecule is c1ccc(-c2ccc(-c3ccccc3)c3c2C2CCCN=C2C3C2(C3CCCC3)CCC2)cc1. The van der Waals surface area contributed by atoms with Crippen LogP contribution in [0.4, 0.5) is 0 Å². The van der Waals surface area contributed by atoms with Crippen LogP contribution in [0.5, 0.6) is 0 Å². The van der Waals surface area contributed by atoms with Crippen LogP contribution >= 0.6 is 0 Å². The van der Waals surface area contributed by atoms with Crippen molar-refractivity contribution < 1.29 is 0 Å². The van der Waals surface area contributed by atoms with E-state index in [1.54, 1.807) is 16.8 Å². The largest absolute Gasteiger partial charge is 0.293 e. The first-order valence-electron chi connectivity index (χ1n) is 13.7. The van der Waals surface area contributed by atoms with Crippen LogP contribution in [0.15, 0.2) is 77.8 Å². The van der Waals surface area contributed by atoms with Gasteiger partial charge in [-0.05, 0) is 83.2 Å². The number of rotatable bonds is 4. The molecule has 4 aliphatic rings. The van der Waals surface area contributed by atoms with E-state index < -0.39 is 0 Å². The highest BCUT2D eigenvalue weighted by Crippen LogP contribution is 2.66. The normalized spacial score (nSPS) is 25.4. The second-order valence-corrected chi connectivity index (χ2v) is 11.2. The molecule has 0 N–H and O–H groups in total. The van der Waals surface area contributed by atoms with E-state index in [0.717, 1.165) is 12.5 Å². The molecular formula is C33H35N. The van der Waals surface area contributed by atoms with E-state index in [0.29, 0.717) is 17.3 Å². The third kappa shape index (κ3) is 3.02. The van der Waals surface area contributed by atoms with Crippen LogP contribution in [0.2, 0.25) is 0 Å². The van der Waals surface area contributed by atoms with Gasteiger partial charge in [0.2, 0.25) is 0 Å². The van der Waals surface area contributed by atoms with E-state index >= 15 is 0 Å². The molecule has 1 heteroatoms. The third-order valence-corrected chi connectivity index (χ3v) is 9.72. The zero-order valence-corrected chi connectivity index (χ0v) is 20.2. The molecule has 2 unspecified atom stereocenters. The average molecular weight is 446 g/mol. The van der Waals surface area contributed by atoms with Gasteiger partial charge in [0, 0.05) is 24.1 Å². The standard InChI is InChI=1S/C33H35N/c1-3-11-23(12-4-1)26-18-19-27(24-13-5-2-6-14-24)30-29(26)28-17-9-22-34-32(28)31(30)33(20-10-21-33)25-15-7-8-16-25/h1-6,11-14,18-19,25,28,31H,7-10,15-17,20-22H2. The molecule has 1 heterocycles. The summed E-state index contributed by atoms with van der Waals surface area (Å²) < 4.78 is 0. The topological polar surface area (TPSA) is 12.4 Å². The summed E-state index contributed by atoms with van der Waals surface area (Å²) in [4.78, 5) is 5.39. The molecule has 1 nitrogen and oxygen atoms in total. The highest BCUT2D eigenvalue weighted by Gasteiger charge is 2.57. The molecule has 0 saturated heterocycles. The van der Waals surface area contributed by atoms with Crippen LogP contribution in [0, 0.1) is 11.3 Å². The highest BCUT2D eigenvalue weighted by atomic mass is 14.8. The monoisotopic (exact) mass is 445 g/mol. The van der Waals surface area contributed by atoms with Crippen molar-refractivity contribution in [2.45, 2.75) is 69.6 Å². The van der Waals surface area contributed by atoms with E-state index in [1.807, 2.05) is 0 Å². The predicted octanol–water partition coefficient (Wildman–Crippen LogP) is 8.80. The van der Waals surface area contributed by atoms with Gasteiger partial charge in [-0.3, -0.25) is 4.99 Å². The van der Waals surface area contributed by atoms with Crippen LogP contribution in [0.25, 0.3) is 22.3 Å². The molecule has 7 rings (SSSR count). The van der Waals surface area contributed by atoms with E-state index in [9.17, 15) is 0 Å². The van der Waals surface area contributed by atoms with Gasteiger partial charge < -0.3 is 0 Å². The maximum absolute atomic E-state index is 5.39. The van der Waals surface area contributed by atoms with Crippen LogP contribution in [-0.2, 0) is 0 Å². The van der Waals surface area contributed by atoms with Gasteiger partial charge in [-0.2, -0.15) is 0 Å². The maximum Gasteiger partial charge on any atom is 0.0389 e. The first-order chi connectivity index (χ1) is 16.9. The zero-order chi connectivity index (χ0) is 22.5. The minimum Gasteiger partial charge on any atom is -0.293 e. The third-order valence-electron chi connectivity index (χ3n) is 9.72. The van der Waals surface area contributed by atoms with Gasteiger partial charge >= 0.3 is 0 Å². The minimum absolute atomic E-state index is 0.439. The van der Waals surface area contributed by atoms with Crippen molar-refractivity contribution in [3.05, 3.63) is 83.9 Å². The van der Waals surface area contributed by atoms with Gasteiger partial charge in [-0.15, -0.1) is 0 Å². The van der Waals surface area contributed by atoms with Gasteiger partial charge in [0.1, 0.15) is 0 Å². The molecule has 0 radical (unpaired) electrons. The molecule has 2 saturated carbocycles. The van der Waals surface area contributed by atoms with Gasteiger partial charge in [0.05, 0.1) is 0 Å². The van der Waals surface area contributed by atoms with Gasteiger partial charge in [-0.1, -0.05) is 92.1 Å². The maximum atomic E-state index is 5.39. The Morgan fingerprint density at radius 1 is 0.618 bits per heavy atom. The first-order valence-corrected chi connectivity index (χ1v) is 13.7. The Balaban J connectivity index is 1.52. The molecule has 0 amide bonds. The average Bonchev–Trinajstić information content (AvgIpc) is 3.52. The lowest BCUT2D eigenvalue weighted by atomic mass is 9.52. The molecular weight excluding hydrogens is 410 g/mol. The van der Waals surface area contributed by atoms with Crippen molar-refractivity contribution in [2.24, 2.45) is 16.3 Å². The zero-order valence-electron chi connectivity index (χ0n) is 20.2. The number of hydrogen-bond acceptors (Lipinski definition) is 1. The van der Waals surface area contributed by atoms with Crippen LogP contribution in [0.1, 0.15) is 80.8 Å². The Morgan fingerprint density at radius 2 is 1.24 bits per heavy atom. The number of hydrogen-bond donors (Lipinski definition) is 0. The fourth-order valence-corrected chi connectivity index (χ4v) is 8.16. The van der Waals surface area contributed by atoms with Crippen molar-refractivity contribution in [1.82, 2.24) is 0 Å². The lowest BCUT2D eigenvalue weighted by Crippen LogP contribution is -2.44. The summed E-state index contributed by atoms with van der Waals surface area (Å²) in [6.45, 7) is 1.03. The quantitative estimate of drug-likeness (QED) is 0.380. The Kier molecular flexibility index (Phi) is 5.00. The van der Waals surface area contributed by atoms with Crippen LogP contribution in [0.3, 0.4) is 0 Å². The molecule has 0 spiro atoms. The summed E-state index contributed by atoms with van der Waals surface area (Å²) in [5, 5.41) is 0. The Hall–Kier alpha value is -2.67. The van der Waals surface area contributed by atoms with Crippen molar-refractivity contribution in [3.8, 4) is 22.3 Å². The summed E-state index contributed by atoms with van der Waals surface area (Å²) in [6.07, 6.45) is 12.4. The van der Waals surface area contributed by atoms with Gasteiger partial charge in [0.25, 0.3) is 0 Å². The molecule has 0 aromatic heterocycles. The molecule has 2 fully saturated rings. The van der Waals surface area contributed by atoms with E-state index in [-0.39, 0.29) is 0 Å². The van der Waals surface area contributed by atoms with E-state index in [4.69, 9.17) is 4.99 Å². The lowest BCUT2D eigenvalue weighted by Gasteiger charge is -2.52. The lowest BCUT2D eigenvalue weighted by molar-refractivity contribution is 0.0416. The number of nitrogens with zero attached hydrogens (tertiary/aromatic N) is 1. The number of fused-ring (bicyclic) bond motifs is 3. The predicted molar refractivity (Wildman–Crippen MR) is 143 cm³/mol. The molecule has 1 aliphatic heterocycles. The Labute approximate surface area is 204 Å². The van der Waals surface area contributed by atoms with E-state index in [1.165, 1.54) is 80.0 Å². The Bertz CT molecular complexity index is 1210. The van der Waals surface area contributed by atoms with Crippen molar-refractivity contribution >= 4 is 5.71 Å². The second-order valence-electron chi connectivity index (χ2n) is 11.2. The smallest absolute Gasteiger partial charge is 0.0389 e. The molecule has 3 aromatic rings. The number of aliphatic imine (C=N–C) groups is 1. The van der Waals surface area contributed by atoms with E-state index in [2.05, 4.69) is 72.8 Å². The minimum atomic E-state index is 0.439. The van der Waals surface area contributed by atoms with Crippen molar-refractivity contribution in [2.75, 3.05) is 6.54 Å². The second kappa shape index (κ2) is 8.22. The molecule has 2 atom stereocenters. The Morgan fingerprint density at radius 3 is 1.82 bits per heavy atom. The molecule has 34 heavy (non-hydrogen) atoms. The summed E-state index contributed by atoms with van der Waals surface area (Å²) in [5.41, 5.74) is 11.0. The summed E-state index contributed by atoms with van der Waals surface area (Å²) in [6, 6.07) is 27.2. The molecule has 172 valence electrons. The fourth-order valence-electron chi connectivity index (χ4n) is 8.16. The highest BCUT2D eigenvalue weighted by molar-refractivity contribution is 6.06.